The first-order valence-corrected chi connectivity index (χ1v) is 9.81. The summed E-state index contributed by atoms with van der Waals surface area (Å²) in [5.41, 5.74) is 2.43. The second-order valence-corrected chi connectivity index (χ2v) is 5.87. The van der Waals surface area contributed by atoms with E-state index in [1.54, 1.807) is 6.20 Å². The van der Waals surface area contributed by atoms with Gasteiger partial charge in [0.15, 0.2) is 0 Å². The molecule has 27 heavy (non-hydrogen) atoms. The summed E-state index contributed by atoms with van der Waals surface area (Å²) in [6, 6.07) is 5.65. The number of benzene rings is 1. The van der Waals surface area contributed by atoms with Gasteiger partial charge in [-0.15, -0.1) is 0 Å². The van der Waals surface area contributed by atoms with Gasteiger partial charge in [-0.3, -0.25) is 4.99 Å². The zero-order valence-corrected chi connectivity index (χ0v) is 18.4. The minimum Gasteiger partial charge on any atom is -0.395 e. The maximum Gasteiger partial charge on any atom is 0.229 e. The van der Waals surface area contributed by atoms with Crippen molar-refractivity contribution in [3.63, 3.8) is 0 Å². The molecule has 0 unspecified atom stereocenters. The van der Waals surface area contributed by atoms with Gasteiger partial charge >= 0.3 is 0 Å². The van der Waals surface area contributed by atoms with Crippen molar-refractivity contribution in [2.45, 2.75) is 34.1 Å². The molecule has 0 saturated carbocycles. The van der Waals surface area contributed by atoms with E-state index in [2.05, 4.69) is 67.4 Å². The summed E-state index contributed by atoms with van der Waals surface area (Å²) in [5, 5.41) is 18.0. The molecule has 4 N–H and O–H groups in total. The molecule has 2 aromatic rings. The predicted octanol–water partition coefficient (Wildman–Crippen LogP) is 5.20. The van der Waals surface area contributed by atoms with Crippen LogP contribution in [0.4, 0.5) is 28.8 Å². The lowest BCUT2D eigenvalue weighted by Crippen LogP contribution is -2.09. The van der Waals surface area contributed by atoms with Crippen molar-refractivity contribution in [1.29, 1.82) is 0 Å². The molecule has 0 spiro atoms. The van der Waals surface area contributed by atoms with E-state index >= 15 is 0 Å². The van der Waals surface area contributed by atoms with Gasteiger partial charge in [0.05, 0.1) is 22.5 Å². The lowest BCUT2D eigenvalue weighted by atomic mass is 10.2. The fourth-order valence-corrected chi connectivity index (χ4v) is 2.14. The lowest BCUT2D eigenvalue weighted by molar-refractivity contribution is 0.311. The first-order chi connectivity index (χ1) is 13.1. The van der Waals surface area contributed by atoms with E-state index in [0.29, 0.717) is 18.3 Å². The Balaban J connectivity index is 0.00000123. The topological polar surface area (TPSA) is 94.5 Å². The number of aromatic nitrogens is 2. The molecule has 1 aromatic carbocycles. The van der Waals surface area contributed by atoms with Gasteiger partial charge in [0.2, 0.25) is 5.95 Å². The molecule has 0 saturated heterocycles. The van der Waals surface area contributed by atoms with Crippen LogP contribution in [0.15, 0.2) is 33.9 Å². The zero-order chi connectivity index (χ0) is 20.7. The summed E-state index contributed by atoms with van der Waals surface area (Å²) < 4.78 is 0.727. The number of aliphatic hydroxyl groups excluding tert-OH is 1. The number of nitrogens with zero attached hydrogens (tertiary/aromatic N) is 3. The number of halogens is 1. The summed E-state index contributed by atoms with van der Waals surface area (Å²) in [6.45, 7) is 12.2. The van der Waals surface area contributed by atoms with Crippen molar-refractivity contribution in [3.05, 3.63) is 28.9 Å². The molecule has 1 heterocycles. The van der Waals surface area contributed by atoms with Crippen LogP contribution in [0.3, 0.4) is 0 Å². The summed E-state index contributed by atoms with van der Waals surface area (Å²) >= 11 is 3.36. The number of aliphatic hydroxyl groups is 1. The van der Waals surface area contributed by atoms with Crippen molar-refractivity contribution >= 4 is 51.5 Å². The molecular formula is C19H31BrN6O. The summed E-state index contributed by atoms with van der Waals surface area (Å²) in [5.74, 6) is 1.05. The SMILES string of the molecule is C=Nc1cc(Nc2ncc(Br)c(NCCO)n2)ccc1NC.CC.CCC. The maximum absolute atomic E-state index is 8.87. The highest BCUT2D eigenvalue weighted by atomic mass is 79.9. The highest BCUT2D eigenvalue weighted by molar-refractivity contribution is 9.10. The average molecular weight is 439 g/mol. The molecule has 0 aliphatic carbocycles. The molecule has 0 radical (unpaired) electrons. The molecule has 0 fully saturated rings. The first kappa shape index (κ1) is 24.8. The van der Waals surface area contributed by atoms with Gasteiger partial charge in [-0.05, 0) is 40.8 Å². The fraction of sp³-hybridized carbons (Fsp3) is 0.421. The summed E-state index contributed by atoms with van der Waals surface area (Å²) in [6.07, 6.45) is 2.89. The number of nitrogens with one attached hydrogen (secondary N) is 3. The minimum absolute atomic E-state index is 0.0268. The standard InChI is InChI=1S/C14H17BrN6O.C3H8.C2H6/c1-16-11-4-3-9(7-12(11)17-2)20-14-19-8-10(15)13(21-14)18-5-6-22;1-3-2;1-2/h3-4,7-8,16,22H,2,5-6H2,1H3,(H2,18,19,20,21);3H2,1-2H3;1-2H3. The number of anilines is 4. The molecule has 7 nitrogen and oxygen atoms in total. The molecule has 0 amide bonds. The fourth-order valence-electron chi connectivity index (χ4n) is 1.81. The van der Waals surface area contributed by atoms with E-state index in [-0.39, 0.29) is 6.61 Å². The Kier molecular flexibility index (Phi) is 13.7. The zero-order valence-electron chi connectivity index (χ0n) is 16.8. The first-order valence-electron chi connectivity index (χ1n) is 9.02. The van der Waals surface area contributed by atoms with Crippen molar-refractivity contribution in [1.82, 2.24) is 9.97 Å². The van der Waals surface area contributed by atoms with E-state index < -0.39 is 0 Å². The molecule has 8 heteroatoms. The van der Waals surface area contributed by atoms with Gasteiger partial charge in [0.25, 0.3) is 0 Å². The minimum atomic E-state index is 0.0268. The van der Waals surface area contributed by atoms with Crippen LogP contribution in [-0.2, 0) is 0 Å². The van der Waals surface area contributed by atoms with Crippen LogP contribution in [0.25, 0.3) is 0 Å². The Bertz CT molecular complexity index is 681. The van der Waals surface area contributed by atoms with E-state index in [1.807, 2.05) is 39.1 Å². The molecular weight excluding hydrogens is 408 g/mol. The summed E-state index contributed by atoms with van der Waals surface area (Å²) in [7, 11) is 1.83. The molecule has 0 bridgehead atoms. The Hall–Kier alpha value is -2.19. The van der Waals surface area contributed by atoms with Crippen LogP contribution >= 0.6 is 15.9 Å². The molecule has 1 aromatic heterocycles. The maximum atomic E-state index is 8.87. The Morgan fingerprint density at radius 3 is 2.48 bits per heavy atom. The van der Waals surface area contributed by atoms with E-state index in [4.69, 9.17) is 5.11 Å². The van der Waals surface area contributed by atoms with Crippen LogP contribution in [-0.4, -0.2) is 42.0 Å². The van der Waals surface area contributed by atoms with Crippen LogP contribution < -0.4 is 16.0 Å². The van der Waals surface area contributed by atoms with Gasteiger partial charge in [0.1, 0.15) is 5.82 Å². The molecule has 0 aliphatic heterocycles. The predicted molar refractivity (Wildman–Crippen MR) is 121 cm³/mol. The van der Waals surface area contributed by atoms with E-state index in [0.717, 1.165) is 21.5 Å². The second kappa shape index (κ2) is 14.9. The van der Waals surface area contributed by atoms with Gasteiger partial charge < -0.3 is 21.1 Å². The quantitative estimate of drug-likeness (QED) is 0.443. The Morgan fingerprint density at radius 1 is 1.26 bits per heavy atom. The third kappa shape index (κ3) is 8.83. The van der Waals surface area contributed by atoms with E-state index in [1.165, 1.54) is 6.42 Å². The smallest absolute Gasteiger partial charge is 0.229 e. The van der Waals surface area contributed by atoms with Gasteiger partial charge in [-0.2, -0.15) is 4.98 Å². The summed E-state index contributed by atoms with van der Waals surface area (Å²) in [4.78, 5) is 12.5. The van der Waals surface area contributed by atoms with E-state index in [9.17, 15) is 0 Å². The van der Waals surface area contributed by atoms with Crippen LogP contribution in [0, 0.1) is 0 Å². The molecule has 150 valence electrons. The van der Waals surface area contributed by atoms with Gasteiger partial charge in [-0.25, -0.2) is 4.98 Å². The van der Waals surface area contributed by atoms with Crippen molar-refractivity contribution in [3.8, 4) is 0 Å². The number of hydrogen-bond acceptors (Lipinski definition) is 7. The third-order valence-electron chi connectivity index (χ3n) is 2.84. The van der Waals surface area contributed by atoms with Crippen molar-refractivity contribution in [2.75, 3.05) is 36.1 Å². The van der Waals surface area contributed by atoms with Crippen molar-refractivity contribution in [2.24, 2.45) is 4.99 Å². The molecule has 0 atom stereocenters. The number of rotatable bonds is 7. The monoisotopic (exact) mass is 438 g/mol. The second-order valence-electron chi connectivity index (χ2n) is 5.01. The lowest BCUT2D eigenvalue weighted by Gasteiger charge is -2.11. The third-order valence-corrected chi connectivity index (χ3v) is 3.42. The van der Waals surface area contributed by atoms with Crippen LogP contribution in [0.2, 0.25) is 0 Å². The molecule has 2 rings (SSSR count). The largest absolute Gasteiger partial charge is 0.395 e. The number of aliphatic imine (C=N–C) groups is 1. The van der Waals surface area contributed by atoms with Crippen LogP contribution in [0.1, 0.15) is 34.1 Å². The Labute approximate surface area is 170 Å². The van der Waals surface area contributed by atoms with Gasteiger partial charge in [-0.1, -0.05) is 34.1 Å². The van der Waals surface area contributed by atoms with Gasteiger partial charge in [0, 0.05) is 25.5 Å². The molecule has 0 aliphatic rings. The van der Waals surface area contributed by atoms with Crippen LogP contribution in [0.5, 0.6) is 0 Å². The normalized spacial score (nSPS) is 9.15. The van der Waals surface area contributed by atoms with Crippen molar-refractivity contribution < 1.29 is 5.11 Å². The average Bonchev–Trinajstić information content (AvgIpc) is 2.70. The number of hydrogen-bond donors (Lipinski definition) is 4. The highest BCUT2D eigenvalue weighted by Gasteiger charge is 2.06. The Morgan fingerprint density at radius 2 is 1.93 bits per heavy atom. The highest BCUT2D eigenvalue weighted by Crippen LogP contribution is 2.29.